The standard InChI is InChI=1S/C23H22FNO4/c1-3-4-13-28-23(27)17-7-11-19(12-8-17)25-22(26)20-14-21(29-15(20)2)16-5-9-18(24)10-6-16/h5-12,14H,3-4,13H2,1-2H3,(H,25,26). The summed E-state index contributed by atoms with van der Waals surface area (Å²) < 4.78 is 23.9. The van der Waals surface area contributed by atoms with Crippen LogP contribution in [0.3, 0.4) is 0 Å². The molecule has 29 heavy (non-hydrogen) atoms. The summed E-state index contributed by atoms with van der Waals surface area (Å²) in [6, 6.07) is 14.0. The number of aryl methyl sites for hydroxylation is 1. The quantitative estimate of drug-likeness (QED) is 0.417. The van der Waals surface area contributed by atoms with E-state index in [-0.39, 0.29) is 17.7 Å². The van der Waals surface area contributed by atoms with E-state index >= 15 is 0 Å². The Balaban J connectivity index is 1.67. The van der Waals surface area contributed by atoms with E-state index in [9.17, 15) is 14.0 Å². The fourth-order valence-electron chi connectivity index (χ4n) is 2.74. The van der Waals surface area contributed by atoms with Gasteiger partial charge < -0.3 is 14.5 Å². The average molecular weight is 395 g/mol. The molecule has 1 aromatic heterocycles. The van der Waals surface area contributed by atoms with Crippen LogP contribution in [0.5, 0.6) is 0 Å². The van der Waals surface area contributed by atoms with Crippen molar-refractivity contribution in [1.29, 1.82) is 0 Å². The van der Waals surface area contributed by atoms with Crippen molar-refractivity contribution in [3.63, 3.8) is 0 Å². The van der Waals surface area contributed by atoms with Gasteiger partial charge in [0, 0.05) is 11.3 Å². The Labute approximate surface area is 168 Å². The Morgan fingerprint density at radius 2 is 1.76 bits per heavy atom. The van der Waals surface area contributed by atoms with E-state index in [2.05, 4.69) is 5.32 Å². The molecule has 0 fully saturated rings. The van der Waals surface area contributed by atoms with Crippen LogP contribution < -0.4 is 5.32 Å². The summed E-state index contributed by atoms with van der Waals surface area (Å²) in [5, 5.41) is 2.78. The van der Waals surface area contributed by atoms with Crippen molar-refractivity contribution in [3.8, 4) is 11.3 Å². The highest BCUT2D eigenvalue weighted by atomic mass is 19.1. The summed E-state index contributed by atoms with van der Waals surface area (Å²) in [5.41, 5.74) is 2.04. The SMILES string of the molecule is CCCCOC(=O)c1ccc(NC(=O)c2cc(-c3ccc(F)cc3)oc2C)cc1. The van der Waals surface area contributed by atoms with Gasteiger partial charge in [-0.25, -0.2) is 9.18 Å². The molecule has 0 aliphatic heterocycles. The summed E-state index contributed by atoms with van der Waals surface area (Å²) >= 11 is 0. The molecule has 0 aliphatic carbocycles. The molecule has 0 saturated heterocycles. The number of ether oxygens (including phenoxy) is 1. The van der Waals surface area contributed by atoms with Gasteiger partial charge in [0.1, 0.15) is 17.3 Å². The Morgan fingerprint density at radius 1 is 1.07 bits per heavy atom. The number of furan rings is 1. The number of anilines is 1. The highest BCUT2D eigenvalue weighted by Crippen LogP contribution is 2.26. The van der Waals surface area contributed by atoms with Crippen LogP contribution in [0.15, 0.2) is 59.0 Å². The summed E-state index contributed by atoms with van der Waals surface area (Å²) in [6.07, 6.45) is 1.78. The van der Waals surface area contributed by atoms with Crippen LogP contribution in [0.25, 0.3) is 11.3 Å². The zero-order valence-corrected chi connectivity index (χ0v) is 16.3. The number of carbonyl (C=O) groups excluding carboxylic acids is 2. The second-order valence-electron chi connectivity index (χ2n) is 6.61. The molecular formula is C23H22FNO4. The van der Waals surface area contributed by atoms with Crippen LogP contribution in [0, 0.1) is 12.7 Å². The number of hydrogen-bond donors (Lipinski definition) is 1. The number of nitrogens with one attached hydrogen (secondary N) is 1. The third-order valence-electron chi connectivity index (χ3n) is 4.40. The number of carbonyl (C=O) groups is 2. The van der Waals surface area contributed by atoms with Crippen molar-refractivity contribution in [2.75, 3.05) is 11.9 Å². The van der Waals surface area contributed by atoms with E-state index in [0.29, 0.717) is 40.5 Å². The Bertz CT molecular complexity index is 991. The first kappa shape index (κ1) is 20.3. The van der Waals surface area contributed by atoms with Crippen LogP contribution in [0.1, 0.15) is 46.2 Å². The van der Waals surface area contributed by atoms with E-state index in [4.69, 9.17) is 9.15 Å². The highest BCUT2D eigenvalue weighted by molar-refractivity contribution is 6.05. The first-order valence-electron chi connectivity index (χ1n) is 9.43. The predicted octanol–water partition coefficient (Wildman–Crippen LogP) is 5.60. The fraction of sp³-hybridized carbons (Fsp3) is 0.217. The largest absolute Gasteiger partial charge is 0.462 e. The van der Waals surface area contributed by atoms with Gasteiger partial charge in [0.05, 0.1) is 17.7 Å². The van der Waals surface area contributed by atoms with Gasteiger partial charge in [0.25, 0.3) is 5.91 Å². The molecule has 3 rings (SSSR count). The number of hydrogen-bond acceptors (Lipinski definition) is 4. The van der Waals surface area contributed by atoms with Crippen LogP contribution in [0.4, 0.5) is 10.1 Å². The zero-order chi connectivity index (χ0) is 20.8. The lowest BCUT2D eigenvalue weighted by Crippen LogP contribution is -2.12. The summed E-state index contributed by atoms with van der Waals surface area (Å²) in [6.45, 7) is 4.11. The van der Waals surface area contributed by atoms with Gasteiger partial charge in [-0.1, -0.05) is 13.3 Å². The van der Waals surface area contributed by atoms with E-state index < -0.39 is 0 Å². The summed E-state index contributed by atoms with van der Waals surface area (Å²) in [5.74, 6) is -0.118. The minimum absolute atomic E-state index is 0.335. The van der Waals surface area contributed by atoms with E-state index in [1.54, 1.807) is 49.4 Å². The van der Waals surface area contributed by atoms with Crippen LogP contribution in [0.2, 0.25) is 0 Å². The molecule has 0 atom stereocenters. The van der Waals surface area contributed by atoms with Crippen molar-refractivity contribution < 1.29 is 23.1 Å². The predicted molar refractivity (Wildman–Crippen MR) is 108 cm³/mol. The number of esters is 1. The van der Waals surface area contributed by atoms with Crippen molar-refractivity contribution >= 4 is 17.6 Å². The van der Waals surface area contributed by atoms with Gasteiger partial charge in [0.15, 0.2) is 0 Å². The van der Waals surface area contributed by atoms with Crippen molar-refractivity contribution in [2.45, 2.75) is 26.7 Å². The normalized spacial score (nSPS) is 10.6. The number of benzene rings is 2. The molecule has 3 aromatic rings. The van der Waals surface area contributed by atoms with Crippen LogP contribution in [-0.4, -0.2) is 18.5 Å². The number of unbranched alkanes of at least 4 members (excludes halogenated alkanes) is 1. The molecule has 1 heterocycles. The molecule has 5 nitrogen and oxygen atoms in total. The minimum atomic E-state index is -0.383. The maximum absolute atomic E-state index is 13.1. The highest BCUT2D eigenvalue weighted by Gasteiger charge is 2.16. The van der Waals surface area contributed by atoms with Crippen LogP contribution >= 0.6 is 0 Å². The number of rotatable bonds is 7. The molecule has 0 bridgehead atoms. The van der Waals surface area contributed by atoms with Gasteiger partial charge in [-0.15, -0.1) is 0 Å². The van der Waals surface area contributed by atoms with Crippen molar-refractivity contribution in [2.24, 2.45) is 0 Å². The summed E-state index contributed by atoms with van der Waals surface area (Å²) in [7, 11) is 0. The van der Waals surface area contributed by atoms with Crippen molar-refractivity contribution in [1.82, 2.24) is 0 Å². The minimum Gasteiger partial charge on any atom is -0.462 e. The zero-order valence-electron chi connectivity index (χ0n) is 16.3. The maximum Gasteiger partial charge on any atom is 0.338 e. The smallest absolute Gasteiger partial charge is 0.338 e. The average Bonchev–Trinajstić information content (AvgIpc) is 3.11. The first-order valence-corrected chi connectivity index (χ1v) is 9.43. The molecule has 0 spiro atoms. The van der Waals surface area contributed by atoms with Crippen LogP contribution in [-0.2, 0) is 4.74 Å². The van der Waals surface area contributed by atoms with Gasteiger partial charge in [-0.2, -0.15) is 0 Å². The monoisotopic (exact) mass is 395 g/mol. The lowest BCUT2D eigenvalue weighted by molar-refractivity contribution is 0.0499. The molecule has 0 radical (unpaired) electrons. The molecule has 0 unspecified atom stereocenters. The summed E-state index contributed by atoms with van der Waals surface area (Å²) in [4.78, 5) is 24.5. The number of amides is 1. The lowest BCUT2D eigenvalue weighted by Gasteiger charge is -2.06. The molecular weight excluding hydrogens is 373 g/mol. The van der Waals surface area contributed by atoms with Gasteiger partial charge in [-0.05, 0) is 67.9 Å². The van der Waals surface area contributed by atoms with Gasteiger partial charge in [-0.3, -0.25) is 4.79 Å². The molecule has 150 valence electrons. The maximum atomic E-state index is 13.1. The Hall–Kier alpha value is -3.41. The van der Waals surface area contributed by atoms with Gasteiger partial charge >= 0.3 is 5.97 Å². The third-order valence-corrected chi connectivity index (χ3v) is 4.40. The Morgan fingerprint density at radius 3 is 2.41 bits per heavy atom. The lowest BCUT2D eigenvalue weighted by atomic mass is 10.1. The first-order chi connectivity index (χ1) is 14.0. The number of halogens is 1. The van der Waals surface area contributed by atoms with Crippen molar-refractivity contribution in [3.05, 3.63) is 77.3 Å². The second-order valence-corrected chi connectivity index (χ2v) is 6.61. The third kappa shape index (κ3) is 5.10. The molecule has 1 amide bonds. The van der Waals surface area contributed by atoms with E-state index in [0.717, 1.165) is 12.8 Å². The van der Waals surface area contributed by atoms with E-state index in [1.165, 1.54) is 12.1 Å². The molecule has 0 saturated carbocycles. The molecule has 0 aliphatic rings. The van der Waals surface area contributed by atoms with E-state index in [1.807, 2.05) is 6.92 Å². The second kappa shape index (κ2) is 9.19. The Kier molecular flexibility index (Phi) is 6.44. The topological polar surface area (TPSA) is 68.5 Å². The molecule has 1 N–H and O–H groups in total. The fourth-order valence-corrected chi connectivity index (χ4v) is 2.74. The molecule has 2 aromatic carbocycles. The van der Waals surface area contributed by atoms with Gasteiger partial charge in [0.2, 0.25) is 0 Å². The molecule has 6 heteroatoms.